The fourth-order valence-corrected chi connectivity index (χ4v) is 5.25. The number of anilines is 2. The van der Waals surface area contributed by atoms with Crippen LogP contribution >= 0.6 is 27.7 Å². The molecule has 1 atom stereocenters. The van der Waals surface area contributed by atoms with Crippen LogP contribution in [0.4, 0.5) is 11.4 Å². The van der Waals surface area contributed by atoms with Crippen LogP contribution in [0.1, 0.15) is 23.0 Å². The number of amides is 3. The van der Waals surface area contributed by atoms with Gasteiger partial charge in [-0.05, 0) is 79.7 Å². The summed E-state index contributed by atoms with van der Waals surface area (Å²) in [4.78, 5) is 39.9. The smallest absolute Gasteiger partial charge is 0.272 e. The maximum Gasteiger partial charge on any atom is 0.272 e. The van der Waals surface area contributed by atoms with Crippen LogP contribution in [0.5, 0.6) is 0 Å². The van der Waals surface area contributed by atoms with E-state index in [0.29, 0.717) is 22.8 Å². The Kier molecular flexibility index (Phi) is 10.1. The van der Waals surface area contributed by atoms with Crippen molar-refractivity contribution < 1.29 is 18.8 Å². The van der Waals surface area contributed by atoms with E-state index in [1.54, 1.807) is 48.5 Å². The van der Waals surface area contributed by atoms with E-state index < -0.39 is 11.8 Å². The molecule has 1 aromatic heterocycles. The Balaban J connectivity index is 1.29. The zero-order valence-electron chi connectivity index (χ0n) is 23.6. The monoisotopic (exact) mass is 665 g/mol. The van der Waals surface area contributed by atoms with Gasteiger partial charge in [0.2, 0.25) is 5.91 Å². The van der Waals surface area contributed by atoms with Crippen molar-refractivity contribution >= 4 is 62.9 Å². The molecule has 0 saturated carbocycles. The van der Waals surface area contributed by atoms with Gasteiger partial charge in [-0.25, -0.2) is 0 Å². The minimum absolute atomic E-state index is 0.0141. The van der Waals surface area contributed by atoms with Crippen LogP contribution in [0.3, 0.4) is 0 Å². The van der Waals surface area contributed by atoms with Crippen molar-refractivity contribution in [3.05, 3.63) is 143 Å². The Morgan fingerprint density at radius 1 is 0.750 bits per heavy atom. The van der Waals surface area contributed by atoms with Gasteiger partial charge in [0, 0.05) is 37.9 Å². The molecule has 0 aliphatic carbocycles. The minimum atomic E-state index is -0.521. The van der Waals surface area contributed by atoms with Gasteiger partial charge in [-0.15, -0.1) is 11.8 Å². The summed E-state index contributed by atoms with van der Waals surface area (Å²) in [5.41, 5.74) is 2.56. The predicted molar refractivity (Wildman–Crippen MR) is 179 cm³/mol. The molecule has 0 aliphatic heterocycles. The van der Waals surface area contributed by atoms with Crippen LogP contribution < -0.4 is 16.0 Å². The largest absolute Gasteiger partial charge is 0.457 e. The minimum Gasteiger partial charge on any atom is -0.457 e. The molecule has 1 heterocycles. The van der Waals surface area contributed by atoms with Crippen molar-refractivity contribution in [2.24, 2.45) is 0 Å². The lowest BCUT2D eigenvalue weighted by atomic mass is 10.2. The fourth-order valence-electron chi connectivity index (χ4n) is 4.12. The summed E-state index contributed by atoms with van der Waals surface area (Å²) in [5.74, 6) is -0.0366. The van der Waals surface area contributed by atoms with Crippen molar-refractivity contribution in [3.63, 3.8) is 0 Å². The van der Waals surface area contributed by atoms with E-state index in [0.717, 1.165) is 20.6 Å². The van der Waals surface area contributed by atoms with Crippen molar-refractivity contribution in [1.82, 2.24) is 5.32 Å². The molecule has 5 rings (SSSR count). The van der Waals surface area contributed by atoms with Gasteiger partial charge in [0.25, 0.3) is 11.8 Å². The number of benzene rings is 4. The maximum atomic E-state index is 13.4. The second-order valence-electron chi connectivity index (χ2n) is 9.68. The second kappa shape index (κ2) is 14.5. The molecule has 0 spiro atoms. The summed E-state index contributed by atoms with van der Waals surface area (Å²) >= 11 is 4.84. The highest BCUT2D eigenvalue weighted by Gasteiger charge is 2.18. The number of para-hydroxylation sites is 1. The molecule has 0 radical (unpaired) electrons. The molecule has 3 amide bonds. The van der Waals surface area contributed by atoms with Crippen molar-refractivity contribution in [2.75, 3.05) is 10.6 Å². The average molecular weight is 667 g/mol. The maximum absolute atomic E-state index is 13.4. The molecule has 0 saturated heterocycles. The van der Waals surface area contributed by atoms with Crippen LogP contribution in [0.2, 0.25) is 0 Å². The molecule has 0 unspecified atom stereocenters. The zero-order chi connectivity index (χ0) is 30.9. The fraction of sp³-hybridized carbons (Fsp3) is 0.0571. The van der Waals surface area contributed by atoms with E-state index in [1.807, 2.05) is 79.7 Å². The van der Waals surface area contributed by atoms with Gasteiger partial charge >= 0.3 is 0 Å². The Morgan fingerprint density at radius 3 is 2.07 bits per heavy atom. The number of rotatable bonds is 10. The number of carbonyl (C=O) groups excluding carboxylic acids is 3. The zero-order valence-corrected chi connectivity index (χ0v) is 26.0. The quantitative estimate of drug-likeness (QED) is 0.103. The first-order valence-electron chi connectivity index (χ1n) is 13.7. The van der Waals surface area contributed by atoms with Crippen LogP contribution in [0.25, 0.3) is 17.4 Å². The lowest BCUT2D eigenvalue weighted by Gasteiger charge is -2.13. The standard InChI is InChI=1S/C35H28BrN3O4S/c1-23(33(40)37-27-10-6-3-7-11-27)44-30-19-16-28(17-20-30)38-35(42)31(39-34(41)25-8-4-2-5-9-25)22-29-18-21-32(43-29)24-12-14-26(36)15-13-24/h2-23H,1H3,(H,37,40)(H,38,42)(H,39,41)/b31-22-/t23-/m0/s1. The Hall–Kier alpha value is -4.86. The van der Waals surface area contributed by atoms with E-state index in [1.165, 1.54) is 17.8 Å². The van der Waals surface area contributed by atoms with E-state index in [4.69, 9.17) is 4.42 Å². The Bertz CT molecular complexity index is 1770. The van der Waals surface area contributed by atoms with Gasteiger partial charge in [0.05, 0.1) is 5.25 Å². The first-order chi connectivity index (χ1) is 21.3. The van der Waals surface area contributed by atoms with Gasteiger partial charge in [-0.1, -0.05) is 64.5 Å². The molecule has 9 heteroatoms. The number of halogens is 1. The number of thioether (sulfide) groups is 1. The van der Waals surface area contributed by atoms with Crippen LogP contribution in [-0.4, -0.2) is 23.0 Å². The van der Waals surface area contributed by atoms with Gasteiger partial charge in [-0.3, -0.25) is 14.4 Å². The summed E-state index contributed by atoms with van der Waals surface area (Å²) < 4.78 is 6.93. The summed E-state index contributed by atoms with van der Waals surface area (Å²) in [6.07, 6.45) is 1.50. The highest BCUT2D eigenvalue weighted by Crippen LogP contribution is 2.27. The van der Waals surface area contributed by atoms with Crippen LogP contribution in [-0.2, 0) is 9.59 Å². The number of nitrogens with one attached hydrogen (secondary N) is 3. The van der Waals surface area contributed by atoms with E-state index in [2.05, 4.69) is 31.9 Å². The van der Waals surface area contributed by atoms with Crippen molar-refractivity contribution in [2.45, 2.75) is 17.1 Å². The highest BCUT2D eigenvalue weighted by atomic mass is 79.9. The predicted octanol–water partition coefficient (Wildman–Crippen LogP) is 8.24. The molecule has 7 nitrogen and oxygen atoms in total. The second-order valence-corrected chi connectivity index (χ2v) is 12.0. The lowest BCUT2D eigenvalue weighted by molar-refractivity contribution is -0.115. The van der Waals surface area contributed by atoms with E-state index in [9.17, 15) is 14.4 Å². The first-order valence-corrected chi connectivity index (χ1v) is 15.4. The van der Waals surface area contributed by atoms with E-state index >= 15 is 0 Å². The van der Waals surface area contributed by atoms with Crippen molar-refractivity contribution in [1.29, 1.82) is 0 Å². The Labute approximate surface area is 267 Å². The van der Waals surface area contributed by atoms with Crippen LogP contribution in [0.15, 0.2) is 141 Å². The van der Waals surface area contributed by atoms with Gasteiger partial charge in [-0.2, -0.15) is 0 Å². The van der Waals surface area contributed by atoms with Gasteiger partial charge in [0.15, 0.2) is 0 Å². The Morgan fingerprint density at radius 2 is 1.39 bits per heavy atom. The summed E-state index contributed by atoms with van der Waals surface area (Å²) in [6.45, 7) is 1.84. The third-order valence-corrected chi connectivity index (χ3v) is 8.05. The van der Waals surface area contributed by atoms with Gasteiger partial charge < -0.3 is 20.4 Å². The number of hydrogen-bond acceptors (Lipinski definition) is 5. The van der Waals surface area contributed by atoms with Crippen molar-refractivity contribution in [3.8, 4) is 11.3 Å². The molecule has 0 bridgehead atoms. The molecule has 4 aromatic carbocycles. The molecular weight excluding hydrogens is 638 g/mol. The molecule has 3 N–H and O–H groups in total. The number of furan rings is 1. The molecule has 220 valence electrons. The van der Waals surface area contributed by atoms with Crippen LogP contribution in [0, 0.1) is 0 Å². The normalized spacial score (nSPS) is 11.8. The summed E-state index contributed by atoms with van der Waals surface area (Å²) in [6, 6.07) is 36.3. The molecule has 44 heavy (non-hydrogen) atoms. The SMILES string of the molecule is C[C@H](Sc1ccc(NC(=O)/C(=C/c2ccc(-c3ccc(Br)cc3)o2)NC(=O)c2ccccc2)cc1)C(=O)Nc1ccccc1. The third kappa shape index (κ3) is 8.37. The lowest BCUT2D eigenvalue weighted by Crippen LogP contribution is -2.30. The number of carbonyl (C=O) groups is 3. The highest BCUT2D eigenvalue weighted by molar-refractivity contribution is 9.10. The summed E-state index contributed by atoms with van der Waals surface area (Å²) in [5, 5.41) is 8.13. The molecule has 0 aliphatic rings. The topological polar surface area (TPSA) is 100 Å². The molecular formula is C35H28BrN3O4S. The first kappa shape index (κ1) is 30.6. The summed E-state index contributed by atoms with van der Waals surface area (Å²) in [7, 11) is 0. The van der Waals surface area contributed by atoms with Gasteiger partial charge in [0.1, 0.15) is 17.2 Å². The third-order valence-electron chi connectivity index (χ3n) is 6.41. The number of hydrogen-bond donors (Lipinski definition) is 3. The molecule has 0 fully saturated rings. The van der Waals surface area contributed by atoms with E-state index in [-0.39, 0.29) is 16.9 Å². The average Bonchev–Trinajstić information content (AvgIpc) is 3.51. The molecule has 5 aromatic rings.